The fraction of sp³-hybridized carbons (Fsp3) is 0.462. The highest BCUT2D eigenvalue weighted by molar-refractivity contribution is 5.85. The lowest BCUT2D eigenvalue weighted by Crippen LogP contribution is -2.18. The number of hydrazone groups is 1. The number of nitrogens with two attached hydrogens (primary N) is 1. The van der Waals surface area contributed by atoms with Crippen LogP contribution >= 0.6 is 0 Å². The quantitative estimate of drug-likeness (QED) is 0.591. The SMILES string of the molecule is NC1CCC/C(=N\Nc2ccccc2)CC1. The molecule has 3 heteroatoms. The lowest BCUT2D eigenvalue weighted by atomic mass is 10.1. The summed E-state index contributed by atoms with van der Waals surface area (Å²) in [5, 5.41) is 4.46. The van der Waals surface area contributed by atoms with Gasteiger partial charge in [0.1, 0.15) is 0 Å². The van der Waals surface area contributed by atoms with Crippen LogP contribution in [0.1, 0.15) is 32.1 Å². The van der Waals surface area contributed by atoms with Gasteiger partial charge in [0.25, 0.3) is 0 Å². The number of para-hydroxylation sites is 1. The van der Waals surface area contributed by atoms with Gasteiger partial charge in [-0.25, -0.2) is 0 Å². The number of rotatable bonds is 2. The maximum atomic E-state index is 5.93. The molecule has 0 bridgehead atoms. The van der Waals surface area contributed by atoms with Gasteiger partial charge >= 0.3 is 0 Å². The molecule has 1 aromatic carbocycles. The van der Waals surface area contributed by atoms with Gasteiger partial charge in [-0.05, 0) is 44.2 Å². The minimum absolute atomic E-state index is 0.365. The van der Waals surface area contributed by atoms with Crippen LogP contribution in [-0.4, -0.2) is 11.8 Å². The Kier molecular flexibility index (Phi) is 3.94. The molecule has 0 spiro atoms. The van der Waals surface area contributed by atoms with E-state index in [0.717, 1.165) is 37.8 Å². The van der Waals surface area contributed by atoms with Crippen molar-refractivity contribution in [1.29, 1.82) is 0 Å². The van der Waals surface area contributed by atoms with Crippen molar-refractivity contribution in [3.05, 3.63) is 30.3 Å². The highest BCUT2D eigenvalue weighted by atomic mass is 15.3. The number of nitrogens with one attached hydrogen (secondary N) is 1. The molecule has 1 aliphatic carbocycles. The molecule has 1 aliphatic rings. The average molecular weight is 217 g/mol. The second kappa shape index (κ2) is 5.66. The highest BCUT2D eigenvalue weighted by Crippen LogP contribution is 2.15. The van der Waals surface area contributed by atoms with Crippen molar-refractivity contribution in [3.8, 4) is 0 Å². The van der Waals surface area contributed by atoms with E-state index in [1.807, 2.05) is 30.3 Å². The fourth-order valence-corrected chi connectivity index (χ4v) is 1.96. The zero-order valence-corrected chi connectivity index (χ0v) is 9.52. The molecule has 0 heterocycles. The smallest absolute Gasteiger partial charge is 0.0561 e. The van der Waals surface area contributed by atoms with Crippen molar-refractivity contribution < 1.29 is 0 Å². The van der Waals surface area contributed by atoms with Crippen LogP contribution < -0.4 is 11.2 Å². The first-order valence-corrected chi connectivity index (χ1v) is 5.96. The summed E-state index contributed by atoms with van der Waals surface area (Å²) in [6.07, 6.45) is 5.46. The zero-order chi connectivity index (χ0) is 11.2. The van der Waals surface area contributed by atoms with Gasteiger partial charge in [-0.1, -0.05) is 18.2 Å². The van der Waals surface area contributed by atoms with E-state index in [4.69, 9.17) is 5.73 Å². The average Bonchev–Trinajstić information content (AvgIpc) is 2.53. The third kappa shape index (κ3) is 3.35. The molecule has 1 unspecified atom stereocenters. The number of nitrogens with zero attached hydrogens (tertiary/aromatic N) is 1. The summed E-state index contributed by atoms with van der Waals surface area (Å²) in [5.74, 6) is 0. The number of benzene rings is 1. The van der Waals surface area contributed by atoms with Gasteiger partial charge in [0.2, 0.25) is 0 Å². The Hall–Kier alpha value is -1.35. The van der Waals surface area contributed by atoms with E-state index in [1.54, 1.807) is 0 Å². The number of anilines is 1. The Morgan fingerprint density at radius 3 is 2.75 bits per heavy atom. The van der Waals surface area contributed by atoms with Gasteiger partial charge in [0.15, 0.2) is 0 Å². The predicted octanol–water partition coefficient (Wildman–Crippen LogP) is 2.75. The Bertz CT molecular complexity index is 345. The molecule has 0 aromatic heterocycles. The summed E-state index contributed by atoms with van der Waals surface area (Å²) in [4.78, 5) is 0. The van der Waals surface area contributed by atoms with E-state index in [9.17, 15) is 0 Å². The van der Waals surface area contributed by atoms with Gasteiger partial charge in [0, 0.05) is 11.8 Å². The second-order valence-corrected chi connectivity index (χ2v) is 4.35. The first-order valence-electron chi connectivity index (χ1n) is 5.96. The van der Waals surface area contributed by atoms with Crippen LogP contribution in [0.5, 0.6) is 0 Å². The standard InChI is InChI=1S/C13H19N3/c14-11-5-4-8-13(10-9-11)16-15-12-6-2-1-3-7-12/h1-3,6-7,11,15H,4-5,8-10,14H2/b16-13+. The van der Waals surface area contributed by atoms with E-state index in [1.165, 1.54) is 5.71 Å². The van der Waals surface area contributed by atoms with Crippen molar-refractivity contribution in [1.82, 2.24) is 0 Å². The minimum Gasteiger partial charge on any atom is -0.328 e. The molecule has 86 valence electrons. The molecule has 3 N–H and O–H groups in total. The van der Waals surface area contributed by atoms with Gasteiger partial charge in [-0.2, -0.15) is 5.10 Å². The molecule has 16 heavy (non-hydrogen) atoms. The first-order chi connectivity index (χ1) is 7.84. The largest absolute Gasteiger partial charge is 0.328 e. The van der Waals surface area contributed by atoms with Crippen LogP contribution in [0.4, 0.5) is 5.69 Å². The van der Waals surface area contributed by atoms with Crippen molar-refractivity contribution in [2.24, 2.45) is 10.8 Å². The monoisotopic (exact) mass is 217 g/mol. The molecular weight excluding hydrogens is 198 g/mol. The van der Waals surface area contributed by atoms with Crippen molar-refractivity contribution in [3.63, 3.8) is 0 Å². The Morgan fingerprint density at radius 1 is 1.12 bits per heavy atom. The van der Waals surface area contributed by atoms with Gasteiger partial charge in [0.05, 0.1) is 5.69 Å². The van der Waals surface area contributed by atoms with Crippen LogP contribution in [0.2, 0.25) is 0 Å². The molecule has 1 fully saturated rings. The molecule has 3 nitrogen and oxygen atoms in total. The summed E-state index contributed by atoms with van der Waals surface area (Å²) in [7, 11) is 0. The second-order valence-electron chi connectivity index (χ2n) is 4.35. The van der Waals surface area contributed by atoms with E-state index in [2.05, 4.69) is 10.5 Å². The van der Waals surface area contributed by atoms with E-state index < -0.39 is 0 Å². The van der Waals surface area contributed by atoms with Crippen LogP contribution in [0.25, 0.3) is 0 Å². The molecule has 0 radical (unpaired) electrons. The van der Waals surface area contributed by atoms with E-state index >= 15 is 0 Å². The summed E-state index contributed by atoms with van der Waals surface area (Å²) in [5.41, 5.74) is 11.3. The number of hydrogen-bond donors (Lipinski definition) is 2. The van der Waals surface area contributed by atoms with Crippen LogP contribution in [0.3, 0.4) is 0 Å². The minimum atomic E-state index is 0.365. The summed E-state index contributed by atoms with van der Waals surface area (Å²) < 4.78 is 0. The third-order valence-corrected chi connectivity index (χ3v) is 2.96. The Morgan fingerprint density at radius 2 is 1.94 bits per heavy atom. The molecule has 0 saturated heterocycles. The Labute approximate surface area is 96.7 Å². The molecule has 1 aromatic rings. The molecule has 2 rings (SSSR count). The van der Waals surface area contributed by atoms with Crippen LogP contribution in [-0.2, 0) is 0 Å². The maximum Gasteiger partial charge on any atom is 0.0561 e. The lowest BCUT2D eigenvalue weighted by molar-refractivity contribution is 0.586. The molecular formula is C13H19N3. The van der Waals surface area contributed by atoms with Gasteiger partial charge in [-0.15, -0.1) is 0 Å². The normalized spacial score (nSPS) is 24.1. The van der Waals surface area contributed by atoms with E-state index in [-0.39, 0.29) is 0 Å². The Balaban J connectivity index is 1.92. The summed E-state index contributed by atoms with van der Waals surface area (Å²) in [6, 6.07) is 10.4. The molecule has 1 atom stereocenters. The van der Waals surface area contributed by atoms with Crippen LogP contribution in [0.15, 0.2) is 35.4 Å². The van der Waals surface area contributed by atoms with E-state index in [0.29, 0.717) is 6.04 Å². The molecule has 0 amide bonds. The summed E-state index contributed by atoms with van der Waals surface area (Å²) >= 11 is 0. The number of hydrogen-bond acceptors (Lipinski definition) is 3. The van der Waals surface area contributed by atoms with Gasteiger partial charge in [-0.3, -0.25) is 5.43 Å². The highest BCUT2D eigenvalue weighted by Gasteiger charge is 2.11. The van der Waals surface area contributed by atoms with Gasteiger partial charge < -0.3 is 5.73 Å². The third-order valence-electron chi connectivity index (χ3n) is 2.96. The lowest BCUT2D eigenvalue weighted by Gasteiger charge is -2.05. The van der Waals surface area contributed by atoms with Crippen LogP contribution in [0, 0.1) is 0 Å². The topological polar surface area (TPSA) is 50.4 Å². The van der Waals surface area contributed by atoms with Crippen molar-refractivity contribution >= 4 is 11.4 Å². The van der Waals surface area contributed by atoms with Crippen molar-refractivity contribution in [2.45, 2.75) is 38.1 Å². The molecule has 1 saturated carbocycles. The fourth-order valence-electron chi connectivity index (χ4n) is 1.96. The van der Waals surface area contributed by atoms with Crippen molar-refractivity contribution in [2.75, 3.05) is 5.43 Å². The maximum absolute atomic E-state index is 5.93. The summed E-state index contributed by atoms with van der Waals surface area (Å²) in [6.45, 7) is 0. The first kappa shape index (κ1) is 11.1. The molecule has 0 aliphatic heterocycles. The predicted molar refractivity (Wildman–Crippen MR) is 68.6 cm³/mol. The zero-order valence-electron chi connectivity index (χ0n) is 9.52.